The molecule has 3 heterocycles. The Labute approximate surface area is 132 Å². The van der Waals surface area contributed by atoms with E-state index in [4.69, 9.17) is 4.74 Å². The molecule has 2 fully saturated rings. The maximum Gasteiger partial charge on any atom is 0.325 e. The molecule has 1 aromatic carbocycles. The Bertz CT molecular complexity index is 751. The van der Waals surface area contributed by atoms with Crippen molar-refractivity contribution in [3.63, 3.8) is 0 Å². The Morgan fingerprint density at radius 1 is 1.26 bits per heavy atom. The lowest BCUT2D eigenvalue weighted by atomic mass is 9.99. The number of carbonyl (C=O) groups is 2. The second-order valence-corrected chi connectivity index (χ2v) is 5.68. The molecule has 8 heteroatoms. The molecule has 0 bridgehead atoms. The molecule has 0 aliphatic carbocycles. The molecule has 2 aliphatic heterocycles. The van der Waals surface area contributed by atoms with E-state index in [9.17, 15) is 9.59 Å². The molecule has 2 aliphatic rings. The SMILES string of the molecule is O=C1NC2(CCOC2)C(=O)N1Cc1cnnn1-c1ccccc1. The Morgan fingerprint density at radius 2 is 2.09 bits per heavy atom. The number of ether oxygens (including phenoxy) is 1. The number of carbonyl (C=O) groups excluding carboxylic acids is 2. The normalized spacial score (nSPS) is 23.7. The van der Waals surface area contributed by atoms with Crippen LogP contribution in [0.5, 0.6) is 0 Å². The van der Waals surface area contributed by atoms with Crippen molar-refractivity contribution in [1.29, 1.82) is 0 Å². The Morgan fingerprint density at radius 3 is 2.83 bits per heavy atom. The number of nitrogens with one attached hydrogen (secondary N) is 1. The van der Waals surface area contributed by atoms with E-state index in [2.05, 4.69) is 15.6 Å². The van der Waals surface area contributed by atoms with Crippen molar-refractivity contribution in [3.8, 4) is 5.69 Å². The summed E-state index contributed by atoms with van der Waals surface area (Å²) in [6.07, 6.45) is 2.06. The van der Waals surface area contributed by atoms with Crippen LogP contribution in [0.15, 0.2) is 36.5 Å². The summed E-state index contributed by atoms with van der Waals surface area (Å²) < 4.78 is 6.91. The molecule has 0 radical (unpaired) electrons. The molecule has 1 atom stereocenters. The number of nitrogens with zero attached hydrogens (tertiary/aromatic N) is 4. The first kappa shape index (κ1) is 13.9. The first-order valence-corrected chi connectivity index (χ1v) is 7.36. The summed E-state index contributed by atoms with van der Waals surface area (Å²) in [5.74, 6) is -0.249. The van der Waals surface area contributed by atoms with Gasteiger partial charge in [0.25, 0.3) is 5.91 Å². The zero-order valence-corrected chi connectivity index (χ0v) is 12.3. The van der Waals surface area contributed by atoms with Gasteiger partial charge in [-0.3, -0.25) is 9.69 Å². The summed E-state index contributed by atoms with van der Waals surface area (Å²) in [6, 6.07) is 9.05. The predicted molar refractivity (Wildman–Crippen MR) is 78.6 cm³/mol. The number of para-hydroxylation sites is 1. The second-order valence-electron chi connectivity index (χ2n) is 5.68. The maximum atomic E-state index is 12.6. The number of rotatable bonds is 3. The summed E-state index contributed by atoms with van der Waals surface area (Å²) in [7, 11) is 0. The molecule has 1 spiro atoms. The third-order valence-electron chi connectivity index (χ3n) is 4.21. The molecule has 23 heavy (non-hydrogen) atoms. The van der Waals surface area contributed by atoms with Crippen LogP contribution in [0.1, 0.15) is 12.1 Å². The molecule has 1 unspecified atom stereocenters. The van der Waals surface area contributed by atoms with E-state index in [0.717, 1.165) is 5.69 Å². The summed E-state index contributed by atoms with van der Waals surface area (Å²) in [4.78, 5) is 26.0. The molecule has 2 saturated heterocycles. The predicted octanol–water partition coefficient (Wildman–Crippen LogP) is 0.478. The van der Waals surface area contributed by atoms with Crippen LogP contribution >= 0.6 is 0 Å². The van der Waals surface area contributed by atoms with E-state index in [1.165, 1.54) is 4.90 Å². The van der Waals surface area contributed by atoms with Crippen molar-refractivity contribution in [3.05, 3.63) is 42.2 Å². The quantitative estimate of drug-likeness (QED) is 0.833. The van der Waals surface area contributed by atoms with E-state index in [1.807, 2.05) is 30.3 Å². The average Bonchev–Trinajstić information content (AvgIpc) is 3.26. The van der Waals surface area contributed by atoms with Gasteiger partial charge < -0.3 is 10.1 Å². The monoisotopic (exact) mass is 313 g/mol. The summed E-state index contributed by atoms with van der Waals surface area (Å²) in [5.41, 5.74) is 0.587. The van der Waals surface area contributed by atoms with Gasteiger partial charge in [0, 0.05) is 13.0 Å². The first-order chi connectivity index (χ1) is 11.2. The standard InChI is InChI=1S/C15H15N5O3/c21-13-15(6-7-23-10-15)17-14(22)19(13)9-12-8-16-18-20(12)11-4-2-1-3-5-11/h1-5,8H,6-7,9-10H2,(H,17,22). The fourth-order valence-corrected chi connectivity index (χ4v) is 2.96. The van der Waals surface area contributed by atoms with Crippen LogP contribution in [0.25, 0.3) is 5.69 Å². The summed E-state index contributed by atoms with van der Waals surface area (Å²) >= 11 is 0. The second kappa shape index (κ2) is 5.17. The number of benzene rings is 1. The lowest BCUT2D eigenvalue weighted by molar-refractivity contribution is -0.131. The zero-order chi connectivity index (χ0) is 15.9. The van der Waals surface area contributed by atoms with Gasteiger partial charge in [0.05, 0.1) is 30.7 Å². The van der Waals surface area contributed by atoms with Crippen LogP contribution < -0.4 is 5.32 Å². The van der Waals surface area contributed by atoms with Gasteiger partial charge in [0.15, 0.2) is 0 Å². The zero-order valence-electron chi connectivity index (χ0n) is 12.3. The molecule has 4 rings (SSSR count). The van der Waals surface area contributed by atoms with E-state index in [0.29, 0.717) is 18.7 Å². The largest absolute Gasteiger partial charge is 0.378 e. The van der Waals surface area contributed by atoms with Crippen LogP contribution in [0, 0.1) is 0 Å². The molecule has 2 aromatic rings. The number of imide groups is 1. The number of aromatic nitrogens is 3. The highest BCUT2D eigenvalue weighted by atomic mass is 16.5. The highest BCUT2D eigenvalue weighted by Gasteiger charge is 2.53. The van der Waals surface area contributed by atoms with E-state index < -0.39 is 11.6 Å². The molecular formula is C15H15N5O3. The number of urea groups is 1. The Kier molecular flexibility index (Phi) is 3.12. The third kappa shape index (κ3) is 2.18. The van der Waals surface area contributed by atoms with Crippen molar-refractivity contribution >= 4 is 11.9 Å². The first-order valence-electron chi connectivity index (χ1n) is 7.36. The van der Waals surface area contributed by atoms with Crippen molar-refractivity contribution < 1.29 is 14.3 Å². The van der Waals surface area contributed by atoms with Gasteiger partial charge in [0.2, 0.25) is 0 Å². The van der Waals surface area contributed by atoms with E-state index >= 15 is 0 Å². The molecule has 118 valence electrons. The number of amides is 3. The van der Waals surface area contributed by atoms with Gasteiger partial charge in [-0.25, -0.2) is 9.48 Å². The molecule has 8 nitrogen and oxygen atoms in total. The number of hydrogen-bond acceptors (Lipinski definition) is 5. The summed E-state index contributed by atoms with van der Waals surface area (Å²) in [6.45, 7) is 0.821. The topological polar surface area (TPSA) is 89.3 Å². The van der Waals surface area contributed by atoms with E-state index in [1.54, 1.807) is 10.9 Å². The molecule has 1 aromatic heterocycles. The van der Waals surface area contributed by atoms with Gasteiger partial charge in [-0.15, -0.1) is 5.10 Å². The van der Waals surface area contributed by atoms with Gasteiger partial charge in [0.1, 0.15) is 5.54 Å². The fourth-order valence-electron chi connectivity index (χ4n) is 2.96. The molecule has 3 amide bonds. The van der Waals surface area contributed by atoms with Crippen molar-refractivity contribution in [2.45, 2.75) is 18.5 Å². The van der Waals surface area contributed by atoms with Crippen molar-refractivity contribution in [1.82, 2.24) is 25.2 Å². The van der Waals surface area contributed by atoms with Crippen LogP contribution in [-0.4, -0.2) is 50.6 Å². The van der Waals surface area contributed by atoms with Gasteiger partial charge in [-0.1, -0.05) is 23.4 Å². The van der Waals surface area contributed by atoms with Crippen LogP contribution in [0.2, 0.25) is 0 Å². The fraction of sp³-hybridized carbons (Fsp3) is 0.333. The molecule has 1 N–H and O–H groups in total. The highest BCUT2D eigenvalue weighted by molar-refractivity contribution is 6.07. The smallest absolute Gasteiger partial charge is 0.325 e. The van der Waals surface area contributed by atoms with Gasteiger partial charge in [-0.2, -0.15) is 0 Å². The third-order valence-corrected chi connectivity index (χ3v) is 4.21. The maximum absolute atomic E-state index is 12.6. The van der Waals surface area contributed by atoms with Crippen molar-refractivity contribution in [2.24, 2.45) is 0 Å². The van der Waals surface area contributed by atoms with Crippen molar-refractivity contribution in [2.75, 3.05) is 13.2 Å². The lowest BCUT2D eigenvalue weighted by Crippen LogP contribution is -2.47. The van der Waals surface area contributed by atoms with Crippen LogP contribution in [0.3, 0.4) is 0 Å². The Hall–Kier alpha value is -2.74. The minimum Gasteiger partial charge on any atom is -0.378 e. The van der Waals surface area contributed by atoms with Crippen LogP contribution in [0.4, 0.5) is 4.79 Å². The van der Waals surface area contributed by atoms with Crippen LogP contribution in [-0.2, 0) is 16.1 Å². The average molecular weight is 313 g/mol. The highest BCUT2D eigenvalue weighted by Crippen LogP contribution is 2.28. The van der Waals surface area contributed by atoms with Gasteiger partial charge in [-0.05, 0) is 12.1 Å². The molecule has 0 saturated carbocycles. The van der Waals surface area contributed by atoms with Gasteiger partial charge >= 0.3 is 6.03 Å². The van der Waals surface area contributed by atoms with E-state index in [-0.39, 0.29) is 19.1 Å². The lowest BCUT2D eigenvalue weighted by Gasteiger charge is -2.18. The Balaban J connectivity index is 1.61. The molecular weight excluding hydrogens is 298 g/mol. The summed E-state index contributed by atoms with van der Waals surface area (Å²) in [5, 5.41) is 10.7. The minimum atomic E-state index is -0.901. The number of hydrogen-bond donors (Lipinski definition) is 1. The minimum absolute atomic E-state index is 0.119.